The summed E-state index contributed by atoms with van der Waals surface area (Å²) in [6.07, 6.45) is 3.76. The van der Waals surface area contributed by atoms with Gasteiger partial charge >= 0.3 is 0 Å². The highest BCUT2D eigenvalue weighted by Crippen LogP contribution is 2.62. The number of ketones is 3. The number of hydrogen-bond acceptors (Lipinski definition) is 4. The summed E-state index contributed by atoms with van der Waals surface area (Å²) in [4.78, 5) is 45.5. The summed E-state index contributed by atoms with van der Waals surface area (Å²) in [5.74, 6) is -1.54. The number of fused-ring (bicyclic) bond motifs is 5. The second kappa shape index (κ2) is 8.54. The van der Waals surface area contributed by atoms with Crippen molar-refractivity contribution in [2.75, 3.05) is 4.90 Å². The molecule has 3 aromatic rings. The maximum Gasteiger partial charge on any atom is 0.180 e. The fraction of sp³-hybridized carbons (Fsp3) is 0.258. The average Bonchev–Trinajstić information content (AvgIpc) is 3.29. The first kappa shape index (κ1) is 25.4. The van der Waals surface area contributed by atoms with Gasteiger partial charge in [0.15, 0.2) is 17.3 Å². The van der Waals surface area contributed by atoms with Gasteiger partial charge in [-0.25, -0.2) is 0 Å². The van der Waals surface area contributed by atoms with E-state index in [1.54, 1.807) is 48.5 Å². The van der Waals surface area contributed by atoms with E-state index in [0.717, 1.165) is 11.3 Å². The third-order valence-electron chi connectivity index (χ3n) is 8.07. The lowest BCUT2D eigenvalue weighted by atomic mass is 9.63. The van der Waals surface area contributed by atoms with Gasteiger partial charge in [-0.05, 0) is 41.5 Å². The molecule has 0 aromatic heterocycles. The lowest BCUT2D eigenvalue weighted by molar-refractivity contribution is -0.127. The molecule has 3 atom stereocenters. The first-order chi connectivity index (χ1) is 18.0. The van der Waals surface area contributed by atoms with Crippen LogP contribution in [0, 0.1) is 10.8 Å². The van der Waals surface area contributed by atoms with Crippen LogP contribution in [0.1, 0.15) is 58.5 Å². The normalized spacial score (nSPS) is 23.0. The largest absolute Gasteiger partial charge is 0.352 e. The molecule has 1 aliphatic carbocycles. The van der Waals surface area contributed by atoms with E-state index in [2.05, 4.69) is 0 Å². The molecule has 0 radical (unpaired) electrons. The van der Waals surface area contributed by atoms with Crippen LogP contribution in [0.2, 0.25) is 15.1 Å². The highest BCUT2D eigenvalue weighted by Gasteiger charge is 2.72. The Morgan fingerprint density at radius 3 is 2.08 bits per heavy atom. The van der Waals surface area contributed by atoms with Crippen molar-refractivity contribution in [2.24, 2.45) is 10.8 Å². The number of benzene rings is 3. The summed E-state index contributed by atoms with van der Waals surface area (Å²) in [5, 5.41) is 1.29. The van der Waals surface area contributed by atoms with Crippen molar-refractivity contribution in [1.29, 1.82) is 0 Å². The summed E-state index contributed by atoms with van der Waals surface area (Å²) in [6.45, 7) is 5.56. The Morgan fingerprint density at radius 1 is 0.868 bits per heavy atom. The minimum absolute atomic E-state index is 0.0943. The molecule has 1 saturated heterocycles. The second-order valence-electron chi connectivity index (χ2n) is 11.2. The van der Waals surface area contributed by atoms with Crippen LogP contribution >= 0.6 is 34.8 Å². The molecule has 0 amide bonds. The quantitative estimate of drug-likeness (QED) is 0.299. The Labute approximate surface area is 236 Å². The summed E-state index contributed by atoms with van der Waals surface area (Å²) in [5.41, 5.74) is 0.468. The fourth-order valence-electron chi connectivity index (χ4n) is 6.49. The minimum atomic E-state index is -1.60. The number of anilines is 1. The van der Waals surface area contributed by atoms with Crippen molar-refractivity contribution in [3.63, 3.8) is 0 Å². The molecule has 2 aliphatic heterocycles. The van der Waals surface area contributed by atoms with Gasteiger partial charge in [-0.15, -0.1) is 0 Å². The van der Waals surface area contributed by atoms with E-state index in [1.807, 2.05) is 50.0 Å². The van der Waals surface area contributed by atoms with Crippen LogP contribution in [-0.4, -0.2) is 29.4 Å². The zero-order chi connectivity index (χ0) is 27.1. The van der Waals surface area contributed by atoms with Crippen molar-refractivity contribution >= 4 is 63.9 Å². The van der Waals surface area contributed by atoms with E-state index >= 15 is 0 Å². The highest BCUT2D eigenvalue weighted by atomic mass is 35.5. The Morgan fingerprint density at radius 2 is 1.47 bits per heavy atom. The third-order valence-corrected chi connectivity index (χ3v) is 8.87. The Kier molecular flexibility index (Phi) is 5.70. The molecule has 0 N–H and O–H groups in total. The molecule has 3 unspecified atom stereocenters. The second-order valence-corrected chi connectivity index (χ2v) is 12.5. The molecule has 0 bridgehead atoms. The number of carbonyl (C=O) groups excluding carboxylic acids is 3. The summed E-state index contributed by atoms with van der Waals surface area (Å²) in [6, 6.07) is 15.8. The van der Waals surface area contributed by atoms with E-state index in [4.69, 9.17) is 34.8 Å². The summed E-state index contributed by atoms with van der Waals surface area (Å²) < 4.78 is 0. The number of rotatable bonds is 2. The zero-order valence-electron chi connectivity index (χ0n) is 21.0. The molecule has 3 aromatic carbocycles. The molecule has 1 spiro atoms. The van der Waals surface area contributed by atoms with Gasteiger partial charge in [0.05, 0.1) is 12.1 Å². The van der Waals surface area contributed by atoms with E-state index < -0.39 is 28.8 Å². The summed E-state index contributed by atoms with van der Waals surface area (Å²) in [7, 11) is 0. The molecule has 4 nitrogen and oxygen atoms in total. The number of nitrogens with zero attached hydrogens (tertiary/aromatic N) is 1. The number of Topliss-reactive ketones (excluding diaryl/α,β-unsaturated/α-hetero) is 3. The molecule has 3 aliphatic rings. The smallest absolute Gasteiger partial charge is 0.180 e. The van der Waals surface area contributed by atoms with Crippen molar-refractivity contribution in [3.05, 3.63) is 104 Å². The van der Waals surface area contributed by atoms with Crippen molar-refractivity contribution in [1.82, 2.24) is 0 Å². The summed E-state index contributed by atoms with van der Waals surface area (Å²) >= 11 is 19.4. The van der Waals surface area contributed by atoms with Gasteiger partial charge in [0.2, 0.25) is 0 Å². The van der Waals surface area contributed by atoms with Gasteiger partial charge in [-0.2, -0.15) is 0 Å². The minimum Gasteiger partial charge on any atom is -0.352 e. The SMILES string of the molecule is CC(C)(C)C(=O)C1C(c2ccc(Cl)cc2Cl)C2(C(=O)c3ccccc3C2=O)C2C=Cc3cc(Cl)ccc3N12. The molecule has 6 rings (SSSR count). The predicted molar refractivity (Wildman–Crippen MR) is 152 cm³/mol. The molecule has 7 heteroatoms. The zero-order valence-corrected chi connectivity index (χ0v) is 23.2. The highest BCUT2D eigenvalue weighted by molar-refractivity contribution is 6.36. The van der Waals surface area contributed by atoms with Crippen LogP contribution < -0.4 is 4.90 Å². The van der Waals surface area contributed by atoms with Crippen molar-refractivity contribution in [3.8, 4) is 0 Å². The van der Waals surface area contributed by atoms with Crippen LogP contribution in [0.15, 0.2) is 66.7 Å². The van der Waals surface area contributed by atoms with Gasteiger partial charge in [-0.3, -0.25) is 14.4 Å². The number of halogens is 3. The van der Waals surface area contributed by atoms with Crippen LogP contribution in [-0.2, 0) is 4.79 Å². The first-order valence-electron chi connectivity index (χ1n) is 12.4. The Hall–Kier alpha value is -2.92. The van der Waals surface area contributed by atoms with E-state index in [0.29, 0.717) is 31.8 Å². The molecule has 38 heavy (non-hydrogen) atoms. The number of hydrogen-bond donors (Lipinski definition) is 0. The lowest BCUT2D eigenvalue weighted by Gasteiger charge is -2.38. The van der Waals surface area contributed by atoms with Crippen LogP contribution in [0.5, 0.6) is 0 Å². The van der Waals surface area contributed by atoms with Gasteiger partial charge < -0.3 is 4.90 Å². The predicted octanol–water partition coefficient (Wildman–Crippen LogP) is 7.70. The Balaban J connectivity index is 1.72. The van der Waals surface area contributed by atoms with Gasteiger partial charge in [0.1, 0.15) is 5.41 Å². The van der Waals surface area contributed by atoms with Gasteiger partial charge in [0, 0.05) is 43.2 Å². The van der Waals surface area contributed by atoms with E-state index in [-0.39, 0.29) is 17.3 Å². The van der Waals surface area contributed by atoms with E-state index in [1.165, 1.54) is 0 Å². The molecule has 192 valence electrons. The maximum atomic E-state index is 14.5. The Bertz CT molecular complexity index is 1550. The topological polar surface area (TPSA) is 54.5 Å². The average molecular weight is 565 g/mol. The standard InChI is InChI=1S/C31H24Cl3NO3/c1-30(2,3)29(38)26-25(21-11-9-18(33)15-22(21)34)31(27(36)19-6-4-5-7-20(19)28(31)37)24-13-8-16-14-17(32)10-12-23(16)35(24)26/h4-15,24-26H,1-3H3. The molecule has 0 saturated carbocycles. The first-order valence-corrected chi connectivity index (χ1v) is 13.6. The molecular formula is C31H24Cl3NO3. The third kappa shape index (κ3) is 3.33. The van der Waals surface area contributed by atoms with Gasteiger partial charge in [-0.1, -0.05) is 98.1 Å². The fourth-order valence-corrected chi connectivity index (χ4v) is 7.20. The van der Waals surface area contributed by atoms with Crippen LogP contribution in [0.25, 0.3) is 6.08 Å². The molecule has 1 fully saturated rings. The number of carbonyl (C=O) groups is 3. The molecule has 2 heterocycles. The van der Waals surface area contributed by atoms with Crippen molar-refractivity contribution < 1.29 is 14.4 Å². The van der Waals surface area contributed by atoms with Crippen LogP contribution in [0.4, 0.5) is 5.69 Å². The lowest BCUT2D eigenvalue weighted by Crippen LogP contribution is -2.49. The maximum absolute atomic E-state index is 14.5. The van der Waals surface area contributed by atoms with E-state index in [9.17, 15) is 14.4 Å². The van der Waals surface area contributed by atoms with Crippen LogP contribution in [0.3, 0.4) is 0 Å². The van der Waals surface area contributed by atoms with Crippen molar-refractivity contribution in [2.45, 2.75) is 38.8 Å². The molecular weight excluding hydrogens is 541 g/mol. The van der Waals surface area contributed by atoms with Gasteiger partial charge in [0.25, 0.3) is 0 Å². The monoisotopic (exact) mass is 563 g/mol.